The number of carbonyl (C=O) groups is 1. The molecule has 21 heavy (non-hydrogen) atoms. The molecule has 0 N–H and O–H groups in total. The van der Waals surface area contributed by atoms with E-state index in [1.165, 1.54) is 11.8 Å². The Balaban J connectivity index is 2.28. The monoisotopic (exact) mass is 340 g/mol. The molecule has 0 aromatic heterocycles. The third kappa shape index (κ3) is 4.67. The summed E-state index contributed by atoms with van der Waals surface area (Å²) >= 11 is 12.8. The van der Waals surface area contributed by atoms with Crippen LogP contribution in [0, 0.1) is 0 Å². The van der Waals surface area contributed by atoms with Gasteiger partial charge in [0.2, 0.25) is 5.02 Å². The Morgan fingerprint density at radius 3 is 2.29 bits per heavy atom. The molecule has 0 fully saturated rings. The van der Waals surface area contributed by atoms with Gasteiger partial charge in [-0.2, -0.15) is 0 Å². The molecule has 2 nitrogen and oxygen atoms in total. The summed E-state index contributed by atoms with van der Waals surface area (Å²) in [5, 5.41) is -1.24. The Morgan fingerprint density at radius 2 is 1.67 bits per heavy atom. The number of hydrogen-bond acceptors (Lipinski definition) is 3. The van der Waals surface area contributed by atoms with Gasteiger partial charge in [-0.1, -0.05) is 65.7 Å². The minimum Gasteiger partial charge on any atom is -0.460 e. The van der Waals surface area contributed by atoms with Crippen LogP contribution in [0.5, 0.6) is 5.75 Å². The van der Waals surface area contributed by atoms with Crippen molar-refractivity contribution in [1.82, 2.24) is 0 Å². The molecule has 0 saturated heterocycles. The van der Waals surface area contributed by atoms with Crippen LogP contribution in [0.15, 0.2) is 59.5 Å². The standard InChI is InChI=1S/C16H14Cl2O2S/c1-11(19)15(12-7-3-2-4-8-12)21-14-10-6-5-9-13(14)20-16(17)18/h2-10,15-16H,1H3. The number of Topliss-reactive ketones (excluding diaryl/α,β-unsaturated/α-hetero) is 1. The van der Waals surface area contributed by atoms with Gasteiger partial charge >= 0.3 is 0 Å². The Hall–Kier alpha value is -1.16. The largest absolute Gasteiger partial charge is 0.460 e. The maximum atomic E-state index is 12.0. The molecule has 5 heteroatoms. The molecule has 0 spiro atoms. The lowest BCUT2D eigenvalue weighted by atomic mass is 10.1. The van der Waals surface area contributed by atoms with E-state index in [-0.39, 0.29) is 11.0 Å². The molecule has 0 aliphatic heterocycles. The lowest BCUT2D eigenvalue weighted by Gasteiger charge is -2.17. The summed E-state index contributed by atoms with van der Waals surface area (Å²) in [5.41, 5.74) is 0.957. The summed E-state index contributed by atoms with van der Waals surface area (Å²) in [7, 11) is 0. The summed E-state index contributed by atoms with van der Waals surface area (Å²) in [6.45, 7) is 1.58. The average molecular weight is 341 g/mol. The molecule has 1 unspecified atom stereocenters. The Kier molecular flexibility index (Phi) is 5.97. The zero-order chi connectivity index (χ0) is 15.2. The van der Waals surface area contributed by atoms with Crippen molar-refractivity contribution in [2.24, 2.45) is 0 Å². The molecular weight excluding hydrogens is 327 g/mol. The first-order valence-electron chi connectivity index (χ1n) is 6.34. The summed E-state index contributed by atoms with van der Waals surface area (Å²) in [6.07, 6.45) is 0. The van der Waals surface area contributed by atoms with E-state index in [0.29, 0.717) is 5.75 Å². The van der Waals surface area contributed by atoms with Crippen LogP contribution in [0.3, 0.4) is 0 Å². The van der Waals surface area contributed by atoms with Crippen LogP contribution < -0.4 is 4.74 Å². The number of rotatable bonds is 6. The third-order valence-corrected chi connectivity index (χ3v) is 4.39. The fraction of sp³-hybridized carbons (Fsp3) is 0.188. The Morgan fingerprint density at radius 1 is 1.05 bits per heavy atom. The SMILES string of the molecule is CC(=O)C(Sc1ccccc1OC(Cl)Cl)c1ccccc1. The number of thioether (sulfide) groups is 1. The van der Waals surface area contributed by atoms with Gasteiger partial charge in [-0.25, -0.2) is 0 Å². The minimum atomic E-state index is -0.945. The van der Waals surface area contributed by atoms with E-state index in [1.807, 2.05) is 48.5 Å². The van der Waals surface area contributed by atoms with Crippen LogP contribution in [0.25, 0.3) is 0 Å². The van der Waals surface area contributed by atoms with Crippen LogP contribution in [0.1, 0.15) is 17.7 Å². The predicted molar refractivity (Wildman–Crippen MR) is 88.3 cm³/mol. The van der Waals surface area contributed by atoms with Crippen molar-refractivity contribution in [3.05, 3.63) is 60.2 Å². The number of ether oxygens (including phenoxy) is 1. The molecule has 0 heterocycles. The molecule has 2 aromatic carbocycles. The second-order valence-corrected chi connectivity index (χ2v) is 6.51. The second-order valence-electron chi connectivity index (χ2n) is 4.34. The van der Waals surface area contributed by atoms with Crippen LogP contribution in [-0.2, 0) is 4.79 Å². The van der Waals surface area contributed by atoms with E-state index in [9.17, 15) is 4.79 Å². The first-order valence-corrected chi connectivity index (χ1v) is 8.09. The maximum Gasteiger partial charge on any atom is 0.247 e. The van der Waals surface area contributed by atoms with Gasteiger partial charge in [-0.15, -0.1) is 11.8 Å². The Bertz CT molecular complexity index is 602. The van der Waals surface area contributed by atoms with Crippen molar-refractivity contribution in [2.75, 3.05) is 0 Å². The molecule has 0 amide bonds. The summed E-state index contributed by atoms with van der Waals surface area (Å²) < 4.78 is 5.36. The molecule has 110 valence electrons. The minimum absolute atomic E-state index is 0.0781. The fourth-order valence-electron chi connectivity index (χ4n) is 1.88. The van der Waals surface area contributed by atoms with Crippen molar-refractivity contribution < 1.29 is 9.53 Å². The van der Waals surface area contributed by atoms with Gasteiger partial charge in [0.15, 0.2) is 0 Å². The highest BCUT2D eigenvalue weighted by Gasteiger charge is 2.20. The summed E-state index contributed by atoms with van der Waals surface area (Å²) in [6, 6.07) is 17.0. The van der Waals surface area contributed by atoms with Gasteiger partial charge in [0, 0.05) is 0 Å². The van der Waals surface area contributed by atoms with Crippen molar-refractivity contribution in [1.29, 1.82) is 0 Å². The molecule has 0 radical (unpaired) electrons. The molecule has 1 atom stereocenters. The lowest BCUT2D eigenvalue weighted by molar-refractivity contribution is -0.116. The highest BCUT2D eigenvalue weighted by Crippen LogP contribution is 2.40. The number of alkyl halides is 2. The van der Waals surface area contributed by atoms with Gasteiger partial charge in [0.25, 0.3) is 0 Å². The number of benzene rings is 2. The van der Waals surface area contributed by atoms with E-state index in [0.717, 1.165) is 10.5 Å². The first kappa shape index (κ1) is 16.2. The topological polar surface area (TPSA) is 26.3 Å². The van der Waals surface area contributed by atoms with E-state index in [1.54, 1.807) is 13.0 Å². The van der Waals surface area contributed by atoms with Crippen molar-refractivity contribution in [3.63, 3.8) is 0 Å². The van der Waals surface area contributed by atoms with Crippen LogP contribution in [0.4, 0.5) is 0 Å². The van der Waals surface area contributed by atoms with Gasteiger partial charge < -0.3 is 4.74 Å². The molecule has 2 aromatic rings. The quantitative estimate of drug-likeness (QED) is 0.530. The normalized spacial score (nSPS) is 12.2. The zero-order valence-corrected chi connectivity index (χ0v) is 13.7. The molecular formula is C16H14Cl2O2S. The molecule has 0 aliphatic rings. The smallest absolute Gasteiger partial charge is 0.247 e. The Labute approximate surface area is 138 Å². The summed E-state index contributed by atoms with van der Waals surface area (Å²) in [5.74, 6) is 0.647. The van der Waals surface area contributed by atoms with E-state index in [4.69, 9.17) is 27.9 Å². The first-order chi connectivity index (χ1) is 10.1. The zero-order valence-electron chi connectivity index (χ0n) is 11.3. The molecule has 2 rings (SSSR count). The number of ketones is 1. The predicted octanol–water partition coefficient (Wildman–Crippen LogP) is 5.25. The van der Waals surface area contributed by atoms with E-state index < -0.39 is 5.02 Å². The molecule has 0 bridgehead atoms. The number of carbonyl (C=O) groups excluding carboxylic acids is 1. The van der Waals surface area contributed by atoms with Crippen molar-refractivity contribution >= 4 is 40.7 Å². The number of para-hydroxylation sites is 1. The van der Waals surface area contributed by atoms with Gasteiger partial charge in [-0.3, -0.25) is 4.79 Å². The average Bonchev–Trinajstić information content (AvgIpc) is 2.46. The van der Waals surface area contributed by atoms with Crippen LogP contribution in [0.2, 0.25) is 0 Å². The van der Waals surface area contributed by atoms with E-state index >= 15 is 0 Å². The van der Waals surface area contributed by atoms with Gasteiger partial charge in [0.1, 0.15) is 11.5 Å². The van der Waals surface area contributed by atoms with Gasteiger partial charge in [-0.05, 0) is 24.6 Å². The highest BCUT2D eigenvalue weighted by molar-refractivity contribution is 8.00. The van der Waals surface area contributed by atoms with Gasteiger partial charge in [0.05, 0.1) is 10.1 Å². The highest BCUT2D eigenvalue weighted by atomic mass is 35.5. The maximum absolute atomic E-state index is 12.0. The van der Waals surface area contributed by atoms with Crippen LogP contribution in [-0.4, -0.2) is 10.8 Å². The summed E-state index contributed by atoms with van der Waals surface area (Å²) in [4.78, 5) is 12.8. The second kappa shape index (κ2) is 7.74. The number of halogens is 2. The molecule has 0 saturated carbocycles. The van der Waals surface area contributed by atoms with Crippen molar-refractivity contribution in [2.45, 2.75) is 22.1 Å². The molecule has 0 aliphatic carbocycles. The van der Waals surface area contributed by atoms with Crippen LogP contribution >= 0.6 is 35.0 Å². The van der Waals surface area contributed by atoms with Crippen molar-refractivity contribution in [3.8, 4) is 5.75 Å². The van der Waals surface area contributed by atoms with E-state index in [2.05, 4.69) is 0 Å². The number of hydrogen-bond donors (Lipinski definition) is 0. The fourth-order valence-corrected chi connectivity index (χ4v) is 3.18. The lowest BCUT2D eigenvalue weighted by Crippen LogP contribution is -2.06. The third-order valence-electron chi connectivity index (χ3n) is 2.78.